The van der Waals surface area contributed by atoms with E-state index in [1.54, 1.807) is 30.6 Å². The zero-order valence-electron chi connectivity index (χ0n) is 15.5. The third-order valence-corrected chi connectivity index (χ3v) is 6.29. The van der Waals surface area contributed by atoms with Gasteiger partial charge < -0.3 is 9.31 Å². The zero-order chi connectivity index (χ0) is 19.2. The maximum atomic E-state index is 12.6. The molecule has 0 aromatic carbocycles. The number of nitrogens with zero attached hydrogens (tertiary/aromatic N) is 2. The second kappa shape index (κ2) is 6.42. The van der Waals surface area contributed by atoms with E-state index in [9.17, 15) is 8.42 Å². The number of sulfonamides is 1. The SMILES string of the molecule is CNS(=O)(=O)c1cc(B2OC(C)(C)C(C)(C)O2)cnc1-c1ccccn1. The summed E-state index contributed by atoms with van der Waals surface area (Å²) < 4.78 is 39.5. The Labute approximate surface area is 154 Å². The van der Waals surface area contributed by atoms with Crippen LogP contribution in [0.4, 0.5) is 0 Å². The summed E-state index contributed by atoms with van der Waals surface area (Å²) in [6, 6.07) is 6.78. The monoisotopic (exact) mass is 375 g/mol. The molecule has 1 N–H and O–H groups in total. The van der Waals surface area contributed by atoms with E-state index in [1.165, 1.54) is 13.1 Å². The van der Waals surface area contributed by atoms with Crippen LogP contribution in [0.5, 0.6) is 0 Å². The highest BCUT2D eigenvalue weighted by molar-refractivity contribution is 7.89. The van der Waals surface area contributed by atoms with E-state index < -0.39 is 28.3 Å². The Bertz CT molecular complexity index is 901. The van der Waals surface area contributed by atoms with Crippen molar-refractivity contribution in [3.05, 3.63) is 36.7 Å². The minimum atomic E-state index is -3.75. The smallest absolute Gasteiger partial charge is 0.399 e. The first-order valence-corrected chi connectivity index (χ1v) is 9.76. The summed E-state index contributed by atoms with van der Waals surface area (Å²) >= 11 is 0. The van der Waals surface area contributed by atoms with Crippen LogP contribution in [0.15, 0.2) is 41.6 Å². The van der Waals surface area contributed by atoms with E-state index in [1.807, 2.05) is 27.7 Å². The van der Waals surface area contributed by atoms with Gasteiger partial charge >= 0.3 is 7.12 Å². The van der Waals surface area contributed by atoms with Gasteiger partial charge in [0.15, 0.2) is 0 Å². The summed E-state index contributed by atoms with van der Waals surface area (Å²) in [7, 11) is -3.09. The Hall–Kier alpha value is -1.81. The minimum Gasteiger partial charge on any atom is -0.399 e. The number of hydrogen-bond donors (Lipinski definition) is 1. The van der Waals surface area contributed by atoms with E-state index >= 15 is 0 Å². The Kier molecular flexibility index (Phi) is 4.68. The van der Waals surface area contributed by atoms with Crippen molar-refractivity contribution in [2.24, 2.45) is 0 Å². The van der Waals surface area contributed by atoms with Crippen LogP contribution in [0.2, 0.25) is 0 Å². The van der Waals surface area contributed by atoms with Crippen molar-refractivity contribution in [3.8, 4) is 11.4 Å². The van der Waals surface area contributed by atoms with Gasteiger partial charge in [-0.25, -0.2) is 13.1 Å². The van der Waals surface area contributed by atoms with Crippen LogP contribution in [0.25, 0.3) is 11.4 Å². The van der Waals surface area contributed by atoms with Crippen molar-refractivity contribution in [2.75, 3.05) is 7.05 Å². The van der Waals surface area contributed by atoms with Gasteiger partial charge in [-0.15, -0.1) is 0 Å². The second-order valence-electron chi connectivity index (χ2n) is 7.13. The van der Waals surface area contributed by atoms with E-state index in [4.69, 9.17) is 9.31 Å². The van der Waals surface area contributed by atoms with Crippen LogP contribution in [0, 0.1) is 0 Å². The van der Waals surface area contributed by atoms with Crippen LogP contribution in [0.1, 0.15) is 27.7 Å². The standard InChI is InChI=1S/C17H22BN3O4S/c1-16(2)17(3,4)25-18(24-16)12-10-14(26(22,23)19-5)15(21-11-12)13-8-6-7-9-20-13/h6-11,19H,1-5H3. The van der Waals surface area contributed by atoms with Crippen molar-refractivity contribution >= 4 is 22.6 Å². The molecule has 0 bridgehead atoms. The molecule has 1 aliphatic rings. The molecule has 9 heteroatoms. The molecule has 1 fully saturated rings. The molecule has 3 heterocycles. The molecule has 7 nitrogen and oxygen atoms in total. The quantitative estimate of drug-likeness (QED) is 0.812. The molecule has 1 aliphatic heterocycles. The lowest BCUT2D eigenvalue weighted by Crippen LogP contribution is -2.41. The maximum Gasteiger partial charge on any atom is 0.496 e. The fraction of sp³-hybridized carbons (Fsp3) is 0.412. The number of nitrogens with one attached hydrogen (secondary N) is 1. The van der Waals surface area contributed by atoms with Crippen LogP contribution in [-0.2, 0) is 19.3 Å². The van der Waals surface area contributed by atoms with Gasteiger partial charge in [-0.05, 0) is 52.9 Å². The summed E-state index contributed by atoms with van der Waals surface area (Å²) in [5.74, 6) is 0. The molecule has 1 saturated heterocycles. The van der Waals surface area contributed by atoms with E-state index in [0.29, 0.717) is 11.2 Å². The highest BCUT2D eigenvalue weighted by atomic mass is 32.2. The van der Waals surface area contributed by atoms with Crippen LogP contribution < -0.4 is 10.2 Å². The average molecular weight is 375 g/mol. The van der Waals surface area contributed by atoms with Crippen LogP contribution in [-0.4, -0.2) is 43.8 Å². The molecule has 0 unspecified atom stereocenters. The maximum absolute atomic E-state index is 12.6. The highest BCUT2D eigenvalue weighted by Crippen LogP contribution is 2.36. The Morgan fingerprint density at radius 3 is 2.27 bits per heavy atom. The number of pyridine rings is 2. The molecule has 0 spiro atoms. The molecular weight excluding hydrogens is 353 g/mol. The summed E-state index contributed by atoms with van der Waals surface area (Å²) in [5, 5.41) is 0. The lowest BCUT2D eigenvalue weighted by Gasteiger charge is -2.32. The molecule has 2 aromatic heterocycles. The molecule has 0 atom stereocenters. The second-order valence-corrected chi connectivity index (χ2v) is 8.98. The Morgan fingerprint density at radius 2 is 1.73 bits per heavy atom. The van der Waals surface area contributed by atoms with Gasteiger partial charge in [-0.2, -0.15) is 0 Å². The predicted molar refractivity (Wildman–Crippen MR) is 99.4 cm³/mol. The first-order valence-electron chi connectivity index (χ1n) is 8.28. The molecule has 0 saturated carbocycles. The Balaban J connectivity index is 2.10. The third kappa shape index (κ3) is 3.27. The highest BCUT2D eigenvalue weighted by Gasteiger charge is 2.52. The molecular formula is C17H22BN3O4S. The van der Waals surface area contributed by atoms with Crippen LogP contribution >= 0.6 is 0 Å². The zero-order valence-corrected chi connectivity index (χ0v) is 16.3. The topological polar surface area (TPSA) is 90.4 Å². The average Bonchev–Trinajstić information content (AvgIpc) is 2.83. The lowest BCUT2D eigenvalue weighted by molar-refractivity contribution is 0.00578. The largest absolute Gasteiger partial charge is 0.496 e. The van der Waals surface area contributed by atoms with Gasteiger partial charge in [0.05, 0.1) is 16.9 Å². The molecule has 138 valence electrons. The third-order valence-electron chi connectivity index (χ3n) is 4.87. The molecule has 3 rings (SSSR count). The lowest BCUT2D eigenvalue weighted by atomic mass is 9.80. The van der Waals surface area contributed by atoms with Crippen molar-refractivity contribution < 1.29 is 17.7 Å². The molecule has 2 aromatic rings. The van der Waals surface area contributed by atoms with E-state index in [2.05, 4.69) is 14.7 Å². The van der Waals surface area contributed by atoms with E-state index in [0.717, 1.165) is 0 Å². The van der Waals surface area contributed by atoms with Crippen molar-refractivity contribution in [3.63, 3.8) is 0 Å². The summed E-state index contributed by atoms with van der Waals surface area (Å²) in [4.78, 5) is 8.61. The fourth-order valence-corrected chi connectivity index (χ4v) is 3.50. The predicted octanol–water partition coefficient (Wildman–Crippen LogP) is 1.35. The van der Waals surface area contributed by atoms with Gasteiger partial charge in [0.1, 0.15) is 10.6 Å². The van der Waals surface area contributed by atoms with Gasteiger partial charge in [0.25, 0.3) is 0 Å². The molecule has 0 radical (unpaired) electrons. The summed E-state index contributed by atoms with van der Waals surface area (Å²) in [6.07, 6.45) is 3.16. The van der Waals surface area contributed by atoms with Crippen molar-refractivity contribution in [1.82, 2.24) is 14.7 Å². The fourth-order valence-electron chi connectivity index (χ4n) is 2.58. The molecule has 26 heavy (non-hydrogen) atoms. The van der Waals surface area contributed by atoms with Gasteiger partial charge in [0.2, 0.25) is 10.0 Å². The van der Waals surface area contributed by atoms with Crippen molar-refractivity contribution in [2.45, 2.75) is 43.8 Å². The van der Waals surface area contributed by atoms with Gasteiger partial charge in [-0.3, -0.25) is 9.97 Å². The summed E-state index contributed by atoms with van der Waals surface area (Å²) in [6.45, 7) is 7.75. The van der Waals surface area contributed by atoms with Gasteiger partial charge in [-0.1, -0.05) is 6.07 Å². The number of aromatic nitrogens is 2. The van der Waals surface area contributed by atoms with E-state index in [-0.39, 0.29) is 10.6 Å². The number of hydrogen-bond acceptors (Lipinski definition) is 6. The van der Waals surface area contributed by atoms with Gasteiger partial charge in [0, 0.05) is 17.9 Å². The van der Waals surface area contributed by atoms with Crippen molar-refractivity contribution in [1.29, 1.82) is 0 Å². The summed E-state index contributed by atoms with van der Waals surface area (Å²) in [5.41, 5.74) is 0.234. The molecule has 0 aliphatic carbocycles. The number of rotatable bonds is 4. The first-order chi connectivity index (χ1) is 12.1. The normalized spacial score (nSPS) is 18.9. The minimum absolute atomic E-state index is 0.0333. The Morgan fingerprint density at radius 1 is 1.08 bits per heavy atom. The van der Waals surface area contributed by atoms with Crippen LogP contribution in [0.3, 0.4) is 0 Å². The first kappa shape index (κ1) is 19.0. The molecule has 0 amide bonds.